The molecule has 2 aliphatic rings. The van der Waals surface area contributed by atoms with Crippen LogP contribution < -0.4 is 10.2 Å². The van der Waals surface area contributed by atoms with Gasteiger partial charge in [-0.2, -0.15) is 0 Å². The molecular formula is C22H35BO4. The summed E-state index contributed by atoms with van der Waals surface area (Å²) < 4.78 is 24.0. The van der Waals surface area contributed by atoms with Gasteiger partial charge in [0, 0.05) is 12.2 Å². The van der Waals surface area contributed by atoms with Crippen LogP contribution in [0.1, 0.15) is 65.9 Å². The Morgan fingerprint density at radius 2 is 1.81 bits per heavy atom. The first-order valence-electron chi connectivity index (χ1n) is 10.3. The number of rotatable bonds is 6. The van der Waals surface area contributed by atoms with E-state index >= 15 is 0 Å². The van der Waals surface area contributed by atoms with Crippen molar-refractivity contribution in [3.05, 3.63) is 23.8 Å². The van der Waals surface area contributed by atoms with Gasteiger partial charge in [-0.25, -0.2) is 0 Å². The molecule has 1 aliphatic carbocycles. The fourth-order valence-corrected chi connectivity index (χ4v) is 4.08. The molecular weight excluding hydrogens is 339 g/mol. The van der Waals surface area contributed by atoms with Crippen LogP contribution in [0.5, 0.6) is 5.75 Å². The quantitative estimate of drug-likeness (QED) is 0.695. The van der Waals surface area contributed by atoms with E-state index in [1.165, 1.54) is 25.7 Å². The van der Waals surface area contributed by atoms with Crippen LogP contribution in [0.4, 0.5) is 0 Å². The lowest BCUT2D eigenvalue weighted by Crippen LogP contribution is -2.41. The predicted octanol–water partition coefficient (Wildman–Crippen LogP) is 4.34. The molecule has 0 spiro atoms. The minimum Gasteiger partial charge on any atom is -0.496 e. The lowest BCUT2D eigenvalue weighted by molar-refractivity contribution is 0.00578. The summed E-state index contributed by atoms with van der Waals surface area (Å²) in [6.45, 7) is 12.0. The summed E-state index contributed by atoms with van der Waals surface area (Å²) in [4.78, 5) is 0. The molecule has 2 atom stereocenters. The molecule has 3 rings (SSSR count). The van der Waals surface area contributed by atoms with E-state index < -0.39 is 0 Å². The van der Waals surface area contributed by atoms with E-state index in [9.17, 15) is 0 Å². The Morgan fingerprint density at radius 3 is 2.44 bits per heavy atom. The predicted molar refractivity (Wildman–Crippen MR) is 109 cm³/mol. The zero-order valence-corrected chi connectivity index (χ0v) is 17.8. The molecule has 2 unspecified atom stereocenters. The second kappa shape index (κ2) is 8.14. The van der Waals surface area contributed by atoms with Crippen molar-refractivity contribution < 1.29 is 18.8 Å². The Bertz CT molecular complexity index is 627. The van der Waals surface area contributed by atoms with E-state index in [2.05, 4.69) is 40.7 Å². The Hall–Kier alpha value is -1.04. The highest BCUT2D eigenvalue weighted by molar-refractivity contribution is 6.62. The van der Waals surface area contributed by atoms with Gasteiger partial charge in [-0.15, -0.1) is 0 Å². The van der Waals surface area contributed by atoms with E-state index in [-0.39, 0.29) is 18.3 Å². The van der Waals surface area contributed by atoms with Gasteiger partial charge < -0.3 is 18.8 Å². The third-order valence-corrected chi connectivity index (χ3v) is 6.49. The summed E-state index contributed by atoms with van der Waals surface area (Å²) in [5, 5.41) is 0. The van der Waals surface area contributed by atoms with Crippen molar-refractivity contribution in [2.24, 2.45) is 11.8 Å². The van der Waals surface area contributed by atoms with Crippen LogP contribution in [0.2, 0.25) is 0 Å². The van der Waals surface area contributed by atoms with E-state index in [1.54, 1.807) is 7.11 Å². The summed E-state index contributed by atoms with van der Waals surface area (Å²) in [7, 11) is 1.34. The summed E-state index contributed by atoms with van der Waals surface area (Å²) in [5.41, 5.74) is 1.38. The number of hydrogen-bond donors (Lipinski definition) is 0. The van der Waals surface area contributed by atoms with Gasteiger partial charge in [0.15, 0.2) is 0 Å². The first-order chi connectivity index (χ1) is 12.7. The van der Waals surface area contributed by atoms with Crippen LogP contribution in [-0.4, -0.2) is 32.0 Å². The maximum absolute atomic E-state index is 6.19. The smallest absolute Gasteiger partial charge is 0.494 e. The fourth-order valence-electron chi connectivity index (χ4n) is 4.08. The molecule has 1 aromatic carbocycles. The van der Waals surface area contributed by atoms with Gasteiger partial charge in [0.2, 0.25) is 0 Å². The molecule has 0 radical (unpaired) electrons. The molecule has 1 aliphatic heterocycles. The molecule has 1 aromatic rings. The average molecular weight is 374 g/mol. The van der Waals surface area contributed by atoms with Crippen LogP contribution in [0.15, 0.2) is 18.2 Å². The normalized spacial score (nSPS) is 27.0. The molecule has 0 N–H and O–H groups in total. The van der Waals surface area contributed by atoms with E-state index in [0.29, 0.717) is 12.5 Å². The summed E-state index contributed by atoms with van der Waals surface area (Å²) in [6, 6.07) is 6.11. The van der Waals surface area contributed by atoms with Crippen molar-refractivity contribution >= 4 is 12.6 Å². The third kappa shape index (κ3) is 4.69. The Kier molecular flexibility index (Phi) is 6.24. The molecule has 1 saturated carbocycles. The average Bonchev–Trinajstić information content (AvgIpc) is 2.82. The number of ether oxygens (including phenoxy) is 2. The molecule has 150 valence electrons. The monoisotopic (exact) mass is 374 g/mol. The van der Waals surface area contributed by atoms with Crippen LogP contribution >= 0.6 is 0 Å². The Morgan fingerprint density at radius 1 is 1.11 bits per heavy atom. The van der Waals surface area contributed by atoms with Gasteiger partial charge in [-0.1, -0.05) is 31.9 Å². The number of benzene rings is 1. The van der Waals surface area contributed by atoms with Gasteiger partial charge >= 0.3 is 7.12 Å². The highest BCUT2D eigenvalue weighted by Crippen LogP contribution is 2.36. The van der Waals surface area contributed by atoms with E-state index in [1.807, 2.05) is 12.1 Å². The molecule has 1 heterocycles. The highest BCUT2D eigenvalue weighted by Gasteiger charge is 2.51. The zero-order valence-electron chi connectivity index (χ0n) is 17.8. The molecule has 2 fully saturated rings. The Balaban J connectivity index is 1.65. The minimum absolute atomic E-state index is 0.341. The zero-order chi connectivity index (χ0) is 19.7. The third-order valence-electron chi connectivity index (χ3n) is 6.49. The summed E-state index contributed by atoms with van der Waals surface area (Å²) in [6.07, 6.45) is 5.26. The van der Waals surface area contributed by atoms with Crippen LogP contribution in [0.3, 0.4) is 0 Å². The molecule has 0 amide bonds. The van der Waals surface area contributed by atoms with Crippen molar-refractivity contribution in [2.45, 2.75) is 78.1 Å². The van der Waals surface area contributed by atoms with E-state index in [4.69, 9.17) is 18.8 Å². The Labute approximate surface area is 165 Å². The maximum atomic E-state index is 6.19. The topological polar surface area (TPSA) is 36.9 Å². The van der Waals surface area contributed by atoms with Gasteiger partial charge in [0.05, 0.1) is 24.9 Å². The van der Waals surface area contributed by atoms with Crippen molar-refractivity contribution in [3.8, 4) is 5.75 Å². The van der Waals surface area contributed by atoms with Crippen LogP contribution in [0, 0.1) is 11.8 Å². The first kappa shape index (κ1) is 20.7. The minimum atomic E-state index is -0.362. The molecule has 5 heteroatoms. The molecule has 1 saturated heterocycles. The van der Waals surface area contributed by atoms with Crippen LogP contribution in [-0.2, 0) is 20.7 Å². The van der Waals surface area contributed by atoms with Crippen LogP contribution in [0.25, 0.3) is 0 Å². The van der Waals surface area contributed by atoms with Crippen molar-refractivity contribution in [1.29, 1.82) is 0 Å². The summed E-state index contributed by atoms with van der Waals surface area (Å²) in [5.74, 6) is 2.37. The molecule has 27 heavy (non-hydrogen) atoms. The van der Waals surface area contributed by atoms with Gasteiger partial charge in [0.1, 0.15) is 5.75 Å². The van der Waals surface area contributed by atoms with Gasteiger partial charge in [0.25, 0.3) is 0 Å². The first-order valence-corrected chi connectivity index (χ1v) is 10.3. The van der Waals surface area contributed by atoms with Crippen molar-refractivity contribution in [2.75, 3.05) is 13.7 Å². The fraction of sp³-hybridized carbons (Fsp3) is 0.727. The largest absolute Gasteiger partial charge is 0.496 e. The SMILES string of the molecule is COc1ccc(B2OC(C)(C)C(C)(C)O2)cc1COCC1CCCC(C)C1. The number of hydrogen-bond acceptors (Lipinski definition) is 4. The van der Waals surface area contributed by atoms with Gasteiger partial charge in [-0.05, 0) is 63.9 Å². The standard InChI is InChI=1S/C22H35BO4/c1-16-8-7-9-17(12-16)14-25-15-18-13-19(10-11-20(18)24-6)23-26-21(2,3)22(4,5)27-23/h10-11,13,16-17H,7-9,12,14-15H2,1-6H3. The highest BCUT2D eigenvalue weighted by atomic mass is 16.7. The molecule has 0 aromatic heterocycles. The van der Waals surface area contributed by atoms with E-state index in [0.717, 1.165) is 29.3 Å². The van der Waals surface area contributed by atoms with Crippen molar-refractivity contribution in [1.82, 2.24) is 0 Å². The summed E-state index contributed by atoms with van der Waals surface area (Å²) >= 11 is 0. The second-order valence-electron chi connectivity index (χ2n) is 9.31. The van der Waals surface area contributed by atoms with Crippen molar-refractivity contribution in [3.63, 3.8) is 0 Å². The molecule has 4 nitrogen and oxygen atoms in total. The number of methoxy groups -OCH3 is 1. The lowest BCUT2D eigenvalue weighted by atomic mass is 9.78. The second-order valence-corrected chi connectivity index (χ2v) is 9.31. The lowest BCUT2D eigenvalue weighted by Gasteiger charge is -2.32. The maximum Gasteiger partial charge on any atom is 0.494 e. The molecule has 0 bridgehead atoms. The van der Waals surface area contributed by atoms with Gasteiger partial charge in [-0.3, -0.25) is 0 Å².